The Balaban J connectivity index is 1.75. The Labute approximate surface area is 146 Å². The van der Waals surface area contributed by atoms with Crippen LogP contribution in [0.4, 0.5) is 11.4 Å². The van der Waals surface area contributed by atoms with Gasteiger partial charge in [-0.15, -0.1) is 0 Å². The number of nitrogens with two attached hydrogens (primary N) is 1. The lowest BCUT2D eigenvalue weighted by Gasteiger charge is -2.34. The van der Waals surface area contributed by atoms with Crippen molar-refractivity contribution in [1.82, 2.24) is 4.98 Å². The van der Waals surface area contributed by atoms with Crippen molar-refractivity contribution in [3.8, 4) is 0 Å². The number of amides is 1. The summed E-state index contributed by atoms with van der Waals surface area (Å²) in [4.78, 5) is 17.8. The number of hydrogen-bond acceptors (Lipinski definition) is 4. The summed E-state index contributed by atoms with van der Waals surface area (Å²) in [6.45, 7) is 2.27. The largest absolute Gasteiger partial charge is 0.380 e. The summed E-state index contributed by atoms with van der Waals surface area (Å²) in [6, 6.07) is 10.1. The van der Waals surface area contributed by atoms with Gasteiger partial charge in [0.25, 0.3) is 0 Å². The number of benzene rings is 1. The molecule has 5 nitrogen and oxygen atoms in total. The number of pyridine rings is 1. The molecular weight excluding hydrogens is 324 g/mol. The van der Waals surface area contributed by atoms with Crippen molar-refractivity contribution in [2.75, 3.05) is 23.3 Å². The van der Waals surface area contributed by atoms with Gasteiger partial charge < -0.3 is 16.0 Å². The average molecular weight is 345 g/mol. The minimum absolute atomic E-state index is 0.0746. The van der Waals surface area contributed by atoms with Gasteiger partial charge in [0.05, 0.1) is 16.6 Å². The molecule has 1 atom stereocenters. The van der Waals surface area contributed by atoms with E-state index in [9.17, 15) is 4.79 Å². The zero-order valence-electron chi connectivity index (χ0n) is 13.4. The molecule has 0 saturated carbocycles. The van der Waals surface area contributed by atoms with Crippen LogP contribution in [0.1, 0.15) is 18.4 Å². The van der Waals surface area contributed by atoms with Crippen LogP contribution < -0.4 is 16.0 Å². The van der Waals surface area contributed by atoms with E-state index in [1.165, 1.54) is 0 Å². The maximum atomic E-state index is 11.5. The van der Waals surface area contributed by atoms with Crippen molar-refractivity contribution >= 4 is 28.9 Å². The molecule has 3 N–H and O–H groups in total. The molecule has 2 heterocycles. The Morgan fingerprint density at radius 3 is 3.00 bits per heavy atom. The quantitative estimate of drug-likeness (QED) is 0.874. The first-order chi connectivity index (χ1) is 11.6. The number of nitrogens with one attached hydrogen (secondary N) is 1. The van der Waals surface area contributed by atoms with Gasteiger partial charge in [-0.3, -0.25) is 9.78 Å². The predicted molar refractivity (Wildman–Crippen MR) is 97.1 cm³/mol. The number of primary amides is 1. The first-order valence-corrected chi connectivity index (χ1v) is 8.48. The minimum Gasteiger partial charge on any atom is -0.380 e. The lowest BCUT2D eigenvalue weighted by Crippen LogP contribution is -2.41. The second kappa shape index (κ2) is 7.53. The van der Waals surface area contributed by atoms with Crippen molar-refractivity contribution in [1.29, 1.82) is 0 Å². The number of anilines is 2. The topological polar surface area (TPSA) is 71.2 Å². The molecule has 1 aliphatic heterocycles. The summed E-state index contributed by atoms with van der Waals surface area (Å²) in [5, 5.41) is 3.95. The van der Waals surface area contributed by atoms with Crippen LogP contribution in [0.15, 0.2) is 42.7 Å². The van der Waals surface area contributed by atoms with Gasteiger partial charge in [0.1, 0.15) is 0 Å². The fourth-order valence-electron chi connectivity index (χ4n) is 3.11. The van der Waals surface area contributed by atoms with Gasteiger partial charge in [-0.2, -0.15) is 0 Å². The summed E-state index contributed by atoms with van der Waals surface area (Å²) >= 11 is 6.15. The van der Waals surface area contributed by atoms with Crippen molar-refractivity contribution in [2.45, 2.75) is 19.4 Å². The zero-order chi connectivity index (χ0) is 16.9. The monoisotopic (exact) mass is 344 g/mol. The van der Waals surface area contributed by atoms with Gasteiger partial charge in [-0.05, 0) is 30.5 Å². The van der Waals surface area contributed by atoms with Gasteiger partial charge >= 0.3 is 0 Å². The fraction of sp³-hybridized carbons (Fsp3) is 0.333. The molecule has 24 heavy (non-hydrogen) atoms. The normalized spacial score (nSPS) is 17.5. The highest BCUT2D eigenvalue weighted by atomic mass is 35.5. The lowest BCUT2D eigenvalue weighted by atomic mass is 9.96. The summed E-state index contributed by atoms with van der Waals surface area (Å²) in [7, 11) is 0. The van der Waals surface area contributed by atoms with Crippen LogP contribution in [0, 0.1) is 5.92 Å². The second-order valence-electron chi connectivity index (χ2n) is 6.03. The Kier molecular flexibility index (Phi) is 5.20. The highest BCUT2D eigenvalue weighted by Crippen LogP contribution is 2.28. The van der Waals surface area contributed by atoms with E-state index in [-0.39, 0.29) is 11.8 Å². The number of hydrogen-bond donors (Lipinski definition) is 2. The van der Waals surface area contributed by atoms with E-state index in [1.807, 2.05) is 18.2 Å². The number of carbonyl (C=O) groups is 1. The molecule has 0 aliphatic carbocycles. The first-order valence-electron chi connectivity index (χ1n) is 8.10. The molecule has 1 aromatic carbocycles. The van der Waals surface area contributed by atoms with E-state index in [0.29, 0.717) is 18.1 Å². The number of piperidine rings is 1. The molecule has 3 rings (SSSR count). The Morgan fingerprint density at radius 1 is 1.38 bits per heavy atom. The molecule has 1 amide bonds. The molecule has 0 bridgehead atoms. The van der Waals surface area contributed by atoms with Crippen LogP contribution in [0.3, 0.4) is 0 Å². The molecule has 1 aromatic heterocycles. The Morgan fingerprint density at radius 2 is 2.21 bits per heavy atom. The Bertz CT molecular complexity index is 722. The minimum atomic E-state index is -0.209. The molecule has 6 heteroatoms. The summed E-state index contributed by atoms with van der Waals surface area (Å²) in [5.74, 6) is -0.284. The standard InChI is InChI=1S/C18H21ClN4O/c19-15-11-21-8-7-16(15)22-10-13-4-1-2-6-17(13)23-9-3-5-14(12-23)18(20)24/h1-2,4,6-8,11,14H,3,5,9-10,12H2,(H2,20,24)(H,21,22)/t14-/m0/s1. The number of carbonyl (C=O) groups excluding carboxylic acids is 1. The van der Waals surface area contributed by atoms with Crippen LogP contribution >= 0.6 is 11.6 Å². The van der Waals surface area contributed by atoms with Crippen LogP contribution in [0.2, 0.25) is 5.02 Å². The number of rotatable bonds is 5. The van der Waals surface area contributed by atoms with Crippen LogP contribution in [0.25, 0.3) is 0 Å². The smallest absolute Gasteiger partial charge is 0.222 e. The third kappa shape index (κ3) is 3.79. The summed E-state index contributed by atoms with van der Waals surface area (Å²) in [5.41, 5.74) is 8.66. The molecule has 0 spiro atoms. The lowest BCUT2D eigenvalue weighted by molar-refractivity contribution is -0.122. The summed E-state index contributed by atoms with van der Waals surface area (Å²) in [6.07, 6.45) is 5.19. The van der Waals surface area contributed by atoms with Crippen molar-refractivity contribution in [3.63, 3.8) is 0 Å². The van der Waals surface area contributed by atoms with Gasteiger partial charge in [-0.1, -0.05) is 29.8 Å². The number of nitrogens with zero attached hydrogens (tertiary/aromatic N) is 2. The van der Waals surface area contributed by atoms with E-state index in [4.69, 9.17) is 17.3 Å². The second-order valence-corrected chi connectivity index (χ2v) is 6.43. The maximum Gasteiger partial charge on any atom is 0.222 e. The van der Waals surface area contributed by atoms with Gasteiger partial charge in [-0.25, -0.2) is 0 Å². The molecule has 0 unspecified atom stereocenters. The highest BCUT2D eigenvalue weighted by Gasteiger charge is 2.25. The number of halogens is 1. The van der Waals surface area contributed by atoms with Gasteiger partial charge in [0.15, 0.2) is 0 Å². The SMILES string of the molecule is NC(=O)[C@H]1CCCN(c2ccccc2CNc2ccncc2Cl)C1. The highest BCUT2D eigenvalue weighted by molar-refractivity contribution is 6.33. The molecule has 2 aromatic rings. The zero-order valence-corrected chi connectivity index (χ0v) is 14.2. The summed E-state index contributed by atoms with van der Waals surface area (Å²) < 4.78 is 0. The van der Waals surface area contributed by atoms with Crippen molar-refractivity contribution in [2.24, 2.45) is 11.7 Å². The van der Waals surface area contributed by atoms with Crippen molar-refractivity contribution < 1.29 is 4.79 Å². The fourth-order valence-corrected chi connectivity index (χ4v) is 3.29. The van der Waals surface area contributed by atoms with Crippen LogP contribution in [0.5, 0.6) is 0 Å². The first kappa shape index (κ1) is 16.6. The van der Waals surface area contributed by atoms with Crippen LogP contribution in [-0.4, -0.2) is 24.0 Å². The van der Waals surface area contributed by atoms with E-state index in [1.54, 1.807) is 12.4 Å². The molecule has 1 saturated heterocycles. The number of aromatic nitrogens is 1. The molecule has 0 radical (unpaired) electrons. The van der Waals surface area contributed by atoms with Gasteiger partial charge in [0, 0.05) is 37.7 Å². The molecular formula is C18H21ClN4O. The van der Waals surface area contributed by atoms with Crippen LogP contribution in [-0.2, 0) is 11.3 Å². The van der Waals surface area contributed by atoms with Crippen molar-refractivity contribution in [3.05, 3.63) is 53.3 Å². The van der Waals surface area contributed by atoms with E-state index < -0.39 is 0 Å². The average Bonchev–Trinajstić information content (AvgIpc) is 2.61. The van der Waals surface area contributed by atoms with E-state index >= 15 is 0 Å². The van der Waals surface area contributed by atoms with E-state index in [2.05, 4.69) is 27.3 Å². The molecule has 1 fully saturated rings. The predicted octanol–water partition coefficient (Wildman–Crippen LogP) is 3.05. The number of para-hydroxylation sites is 1. The molecule has 126 valence electrons. The van der Waals surface area contributed by atoms with Gasteiger partial charge in [0.2, 0.25) is 5.91 Å². The third-order valence-electron chi connectivity index (χ3n) is 4.40. The Hall–Kier alpha value is -2.27. The maximum absolute atomic E-state index is 11.5. The molecule has 1 aliphatic rings. The third-order valence-corrected chi connectivity index (χ3v) is 4.70. The van der Waals surface area contributed by atoms with E-state index in [0.717, 1.165) is 36.3 Å².